The highest BCUT2D eigenvalue weighted by atomic mass is 16.5. The summed E-state index contributed by atoms with van der Waals surface area (Å²) < 4.78 is 5.56. The van der Waals surface area contributed by atoms with Crippen LogP contribution in [0.25, 0.3) is 0 Å². The van der Waals surface area contributed by atoms with Gasteiger partial charge in [-0.2, -0.15) is 0 Å². The number of carbonyl (C=O) groups is 1. The maximum absolute atomic E-state index is 12.6. The molecule has 26 heavy (non-hydrogen) atoms. The fourth-order valence-electron chi connectivity index (χ4n) is 3.31. The number of nitrogens with one attached hydrogen (secondary N) is 1. The van der Waals surface area contributed by atoms with Gasteiger partial charge < -0.3 is 15.0 Å². The molecule has 2 aromatic rings. The molecule has 1 saturated heterocycles. The molecule has 3 rings (SSSR count). The summed E-state index contributed by atoms with van der Waals surface area (Å²) in [4.78, 5) is 23.8. The molecule has 0 unspecified atom stereocenters. The SMILES string of the molecule is CCOc1ccccc1C(=O)NC1CCN(c2cc(C)nc(C)n2)CC1. The minimum atomic E-state index is -0.0683. The lowest BCUT2D eigenvalue weighted by atomic mass is 10.0. The van der Waals surface area contributed by atoms with E-state index in [1.54, 1.807) is 0 Å². The van der Waals surface area contributed by atoms with Crippen LogP contribution in [0, 0.1) is 13.8 Å². The van der Waals surface area contributed by atoms with E-state index in [4.69, 9.17) is 4.74 Å². The number of carbonyl (C=O) groups excluding carboxylic acids is 1. The van der Waals surface area contributed by atoms with Crippen LogP contribution in [0.1, 0.15) is 41.6 Å². The lowest BCUT2D eigenvalue weighted by molar-refractivity contribution is 0.0927. The number of hydrogen-bond acceptors (Lipinski definition) is 5. The molecule has 0 aliphatic carbocycles. The number of para-hydroxylation sites is 1. The van der Waals surface area contributed by atoms with Crippen LogP contribution in [-0.2, 0) is 0 Å². The van der Waals surface area contributed by atoms with Crippen molar-refractivity contribution in [2.24, 2.45) is 0 Å². The molecule has 0 bridgehead atoms. The van der Waals surface area contributed by atoms with E-state index in [0.29, 0.717) is 17.9 Å². The standard InChI is InChI=1S/C20H26N4O2/c1-4-26-18-8-6-5-7-17(18)20(25)23-16-9-11-24(12-10-16)19-13-14(2)21-15(3)22-19/h5-8,13,16H,4,9-12H2,1-3H3,(H,23,25). The van der Waals surface area contributed by atoms with E-state index >= 15 is 0 Å². The van der Waals surface area contributed by atoms with Crippen LogP contribution in [0.4, 0.5) is 5.82 Å². The van der Waals surface area contributed by atoms with Gasteiger partial charge in [-0.15, -0.1) is 0 Å². The predicted octanol–water partition coefficient (Wildman–Crippen LogP) is 2.89. The molecule has 1 aliphatic heterocycles. The Bertz CT molecular complexity index is 750. The summed E-state index contributed by atoms with van der Waals surface area (Å²) in [5, 5.41) is 3.15. The Morgan fingerprint density at radius 3 is 2.65 bits per heavy atom. The van der Waals surface area contributed by atoms with Gasteiger partial charge >= 0.3 is 0 Å². The van der Waals surface area contributed by atoms with Gasteiger partial charge in [-0.25, -0.2) is 9.97 Å². The van der Waals surface area contributed by atoms with E-state index in [-0.39, 0.29) is 11.9 Å². The average molecular weight is 354 g/mol. The number of aryl methyl sites for hydroxylation is 2. The summed E-state index contributed by atoms with van der Waals surface area (Å²) in [7, 11) is 0. The number of nitrogens with zero attached hydrogens (tertiary/aromatic N) is 3. The normalized spacial score (nSPS) is 15.0. The highest BCUT2D eigenvalue weighted by molar-refractivity contribution is 5.97. The van der Waals surface area contributed by atoms with Crippen LogP contribution >= 0.6 is 0 Å². The first-order valence-electron chi connectivity index (χ1n) is 9.16. The van der Waals surface area contributed by atoms with E-state index in [2.05, 4.69) is 20.2 Å². The first kappa shape index (κ1) is 18.2. The molecule has 0 atom stereocenters. The van der Waals surface area contributed by atoms with Crippen molar-refractivity contribution in [1.29, 1.82) is 0 Å². The third-order valence-corrected chi connectivity index (χ3v) is 4.54. The minimum absolute atomic E-state index is 0.0683. The van der Waals surface area contributed by atoms with Gasteiger partial charge in [-0.05, 0) is 45.7 Å². The zero-order chi connectivity index (χ0) is 18.5. The Hall–Kier alpha value is -2.63. The van der Waals surface area contributed by atoms with Crippen molar-refractivity contribution in [3.63, 3.8) is 0 Å². The monoisotopic (exact) mass is 354 g/mol. The van der Waals surface area contributed by atoms with Crippen LogP contribution in [0.2, 0.25) is 0 Å². The smallest absolute Gasteiger partial charge is 0.255 e. The van der Waals surface area contributed by atoms with Gasteiger partial charge in [-0.1, -0.05) is 12.1 Å². The van der Waals surface area contributed by atoms with Crippen LogP contribution in [-0.4, -0.2) is 41.6 Å². The van der Waals surface area contributed by atoms with E-state index in [0.717, 1.165) is 43.3 Å². The summed E-state index contributed by atoms with van der Waals surface area (Å²) in [5.74, 6) is 2.34. The molecular formula is C20H26N4O2. The maximum atomic E-state index is 12.6. The fraction of sp³-hybridized carbons (Fsp3) is 0.450. The highest BCUT2D eigenvalue weighted by Crippen LogP contribution is 2.21. The minimum Gasteiger partial charge on any atom is -0.493 e. The van der Waals surface area contributed by atoms with Crippen LogP contribution in [0.5, 0.6) is 5.75 Å². The number of rotatable bonds is 5. The Balaban J connectivity index is 1.59. The van der Waals surface area contributed by atoms with Gasteiger partial charge in [0.25, 0.3) is 5.91 Å². The zero-order valence-corrected chi connectivity index (χ0v) is 15.7. The molecule has 0 radical (unpaired) electrons. The lowest BCUT2D eigenvalue weighted by Gasteiger charge is -2.33. The van der Waals surface area contributed by atoms with Crippen molar-refractivity contribution in [2.75, 3.05) is 24.6 Å². The van der Waals surface area contributed by atoms with Gasteiger partial charge in [0.2, 0.25) is 0 Å². The second-order valence-electron chi connectivity index (χ2n) is 6.58. The third kappa shape index (κ3) is 4.31. The maximum Gasteiger partial charge on any atom is 0.255 e. The molecule has 1 fully saturated rings. The van der Waals surface area contributed by atoms with Crippen molar-refractivity contribution < 1.29 is 9.53 Å². The molecule has 1 amide bonds. The Morgan fingerprint density at radius 1 is 1.23 bits per heavy atom. The molecule has 1 aliphatic rings. The summed E-state index contributed by atoms with van der Waals surface area (Å²) in [6, 6.07) is 9.57. The van der Waals surface area contributed by atoms with E-state index < -0.39 is 0 Å². The summed E-state index contributed by atoms with van der Waals surface area (Å²) in [5.41, 5.74) is 1.58. The molecule has 6 heteroatoms. The summed E-state index contributed by atoms with van der Waals surface area (Å²) in [6.07, 6.45) is 1.79. The number of ether oxygens (including phenoxy) is 1. The van der Waals surface area contributed by atoms with Crippen LogP contribution in [0.3, 0.4) is 0 Å². The van der Waals surface area contributed by atoms with Gasteiger partial charge in [-0.3, -0.25) is 4.79 Å². The van der Waals surface area contributed by atoms with Gasteiger partial charge in [0, 0.05) is 30.9 Å². The third-order valence-electron chi connectivity index (χ3n) is 4.54. The topological polar surface area (TPSA) is 67.3 Å². The fourth-order valence-corrected chi connectivity index (χ4v) is 3.31. The number of anilines is 1. The first-order chi connectivity index (χ1) is 12.6. The van der Waals surface area contributed by atoms with Crippen LogP contribution in [0.15, 0.2) is 30.3 Å². The molecule has 1 aromatic carbocycles. The molecule has 0 spiro atoms. The molecule has 1 N–H and O–H groups in total. The molecule has 1 aromatic heterocycles. The number of benzene rings is 1. The second kappa shape index (κ2) is 8.17. The van der Waals surface area contributed by atoms with Gasteiger partial charge in [0.05, 0.1) is 12.2 Å². The summed E-state index contributed by atoms with van der Waals surface area (Å²) >= 11 is 0. The van der Waals surface area contributed by atoms with Gasteiger partial charge in [0.15, 0.2) is 0 Å². The molecule has 0 saturated carbocycles. The van der Waals surface area contributed by atoms with Crippen molar-refractivity contribution >= 4 is 11.7 Å². The lowest BCUT2D eigenvalue weighted by Crippen LogP contribution is -2.45. The summed E-state index contributed by atoms with van der Waals surface area (Å²) in [6.45, 7) is 8.10. The van der Waals surface area contributed by atoms with Crippen molar-refractivity contribution in [3.8, 4) is 5.75 Å². The van der Waals surface area contributed by atoms with E-state index in [1.807, 2.05) is 51.1 Å². The average Bonchev–Trinajstić information content (AvgIpc) is 2.62. The molecule has 6 nitrogen and oxygen atoms in total. The Labute approximate surface area is 154 Å². The first-order valence-corrected chi connectivity index (χ1v) is 9.16. The Kier molecular flexibility index (Phi) is 5.71. The van der Waals surface area contributed by atoms with Crippen LogP contribution < -0.4 is 15.0 Å². The second-order valence-corrected chi connectivity index (χ2v) is 6.58. The van der Waals surface area contributed by atoms with E-state index in [1.165, 1.54) is 0 Å². The molecular weight excluding hydrogens is 328 g/mol. The van der Waals surface area contributed by atoms with E-state index in [9.17, 15) is 4.79 Å². The Morgan fingerprint density at radius 2 is 1.96 bits per heavy atom. The van der Waals surface area contributed by atoms with Crippen molar-refractivity contribution in [2.45, 2.75) is 39.7 Å². The quantitative estimate of drug-likeness (QED) is 0.894. The number of hydrogen-bond donors (Lipinski definition) is 1. The predicted molar refractivity (Wildman–Crippen MR) is 102 cm³/mol. The largest absolute Gasteiger partial charge is 0.493 e. The van der Waals surface area contributed by atoms with Crippen molar-refractivity contribution in [3.05, 3.63) is 47.4 Å². The molecule has 2 heterocycles. The van der Waals surface area contributed by atoms with Crippen molar-refractivity contribution in [1.82, 2.24) is 15.3 Å². The zero-order valence-electron chi connectivity index (χ0n) is 15.7. The number of aromatic nitrogens is 2. The number of amides is 1. The number of piperidine rings is 1. The molecule has 138 valence electrons. The highest BCUT2D eigenvalue weighted by Gasteiger charge is 2.23. The van der Waals surface area contributed by atoms with Gasteiger partial charge in [0.1, 0.15) is 17.4 Å².